The molecule has 1 aromatic heterocycles. The van der Waals surface area contributed by atoms with Crippen molar-refractivity contribution in [3.63, 3.8) is 0 Å². The van der Waals surface area contributed by atoms with Gasteiger partial charge >= 0.3 is 0 Å². The minimum Gasteiger partial charge on any atom is -0.379 e. The number of anilines is 1. The molecule has 2 unspecified atom stereocenters. The number of nitrogens with zero attached hydrogens (tertiary/aromatic N) is 4. The van der Waals surface area contributed by atoms with E-state index < -0.39 is 10.0 Å². The highest BCUT2D eigenvalue weighted by Crippen LogP contribution is 2.32. The van der Waals surface area contributed by atoms with Crippen molar-refractivity contribution in [3.05, 3.63) is 53.1 Å². The average Bonchev–Trinajstić information content (AvgIpc) is 3.33. The monoisotopic (exact) mass is 590 g/mol. The Morgan fingerprint density at radius 1 is 1.10 bits per heavy atom. The van der Waals surface area contributed by atoms with Gasteiger partial charge in [0.1, 0.15) is 0 Å². The molecule has 0 saturated carbocycles. The second-order valence-corrected chi connectivity index (χ2v) is 14.0. The van der Waals surface area contributed by atoms with Gasteiger partial charge < -0.3 is 4.74 Å². The summed E-state index contributed by atoms with van der Waals surface area (Å²) in [5, 5.41) is 1.23. The Labute approximate surface area is 239 Å². The number of rotatable bonds is 8. The van der Waals surface area contributed by atoms with Gasteiger partial charge in [0.25, 0.3) is 5.91 Å². The lowest BCUT2D eigenvalue weighted by molar-refractivity contribution is 0.0376. The summed E-state index contributed by atoms with van der Waals surface area (Å²) in [5.41, 5.74) is 1.22. The lowest BCUT2D eigenvalue weighted by Crippen LogP contribution is -2.42. The predicted octanol–water partition coefficient (Wildman–Crippen LogP) is 4.99. The highest BCUT2D eigenvalue weighted by Gasteiger charge is 2.32. The highest BCUT2D eigenvalue weighted by atomic mass is 35.5. The second kappa shape index (κ2) is 12.2. The number of morpholine rings is 1. The van der Waals surface area contributed by atoms with E-state index in [1.807, 2.05) is 12.1 Å². The van der Waals surface area contributed by atoms with Crippen molar-refractivity contribution in [1.82, 2.24) is 14.2 Å². The number of hydrogen-bond acceptors (Lipinski definition) is 7. The average molecular weight is 591 g/mol. The summed E-state index contributed by atoms with van der Waals surface area (Å²) in [6.07, 6.45) is 1.80. The maximum atomic E-state index is 13.8. The normalized spacial score (nSPS) is 21.3. The quantitative estimate of drug-likeness (QED) is 0.368. The van der Waals surface area contributed by atoms with Crippen LogP contribution in [0.5, 0.6) is 0 Å². The Morgan fingerprint density at radius 3 is 2.49 bits per heavy atom. The van der Waals surface area contributed by atoms with Crippen LogP contribution in [0.3, 0.4) is 0 Å². The molecule has 2 aromatic carbocycles. The van der Waals surface area contributed by atoms with Gasteiger partial charge in [-0.1, -0.05) is 36.8 Å². The minimum atomic E-state index is -3.62. The largest absolute Gasteiger partial charge is 0.379 e. The van der Waals surface area contributed by atoms with Crippen LogP contribution in [0.25, 0.3) is 10.2 Å². The van der Waals surface area contributed by atoms with Crippen LogP contribution in [0, 0.1) is 11.8 Å². The second-order valence-electron chi connectivity index (χ2n) is 10.7. The Balaban J connectivity index is 1.37. The van der Waals surface area contributed by atoms with Gasteiger partial charge in [-0.05, 0) is 67.1 Å². The van der Waals surface area contributed by atoms with Crippen molar-refractivity contribution < 1.29 is 17.9 Å². The van der Waals surface area contributed by atoms with Crippen molar-refractivity contribution in [2.75, 3.05) is 57.4 Å². The molecule has 8 nitrogen and oxygen atoms in total. The van der Waals surface area contributed by atoms with Crippen molar-refractivity contribution in [2.24, 2.45) is 11.8 Å². The number of ether oxygens (including phenoxy) is 1. The predicted molar refractivity (Wildman–Crippen MR) is 156 cm³/mol. The van der Waals surface area contributed by atoms with E-state index in [0.717, 1.165) is 55.9 Å². The fourth-order valence-corrected chi connectivity index (χ4v) is 8.39. The van der Waals surface area contributed by atoms with Crippen LogP contribution in [0.2, 0.25) is 5.02 Å². The van der Waals surface area contributed by atoms with E-state index in [1.54, 1.807) is 39.5 Å². The summed E-state index contributed by atoms with van der Waals surface area (Å²) in [6.45, 7) is 9.79. The van der Waals surface area contributed by atoms with Gasteiger partial charge in [-0.25, -0.2) is 13.4 Å². The van der Waals surface area contributed by atoms with Gasteiger partial charge in [-0.2, -0.15) is 4.31 Å². The molecule has 11 heteroatoms. The first-order valence-corrected chi connectivity index (χ1v) is 16.1. The van der Waals surface area contributed by atoms with Crippen molar-refractivity contribution >= 4 is 54.2 Å². The van der Waals surface area contributed by atoms with E-state index in [9.17, 15) is 13.2 Å². The van der Waals surface area contributed by atoms with Gasteiger partial charge in [0.05, 0.1) is 28.3 Å². The zero-order chi connectivity index (χ0) is 27.6. The molecular formula is C28H35ClN4O4S2. The van der Waals surface area contributed by atoms with Crippen LogP contribution in [-0.4, -0.2) is 81.0 Å². The first-order chi connectivity index (χ1) is 18.7. The van der Waals surface area contributed by atoms with E-state index in [0.29, 0.717) is 47.2 Å². The van der Waals surface area contributed by atoms with E-state index in [4.69, 9.17) is 21.3 Å². The Bertz CT molecular complexity index is 1400. The van der Waals surface area contributed by atoms with Crippen LogP contribution in [-0.2, 0) is 14.8 Å². The number of carbonyl (C=O) groups excluding carboxylic acids is 1. The molecule has 210 valence electrons. The van der Waals surface area contributed by atoms with Crippen LogP contribution < -0.4 is 4.90 Å². The van der Waals surface area contributed by atoms with Crippen molar-refractivity contribution in [1.29, 1.82) is 0 Å². The number of carbonyl (C=O) groups is 1. The zero-order valence-corrected chi connectivity index (χ0v) is 24.8. The van der Waals surface area contributed by atoms with Gasteiger partial charge in [-0.15, -0.1) is 0 Å². The third-order valence-corrected chi connectivity index (χ3v) is 10.5. The number of thiazole rings is 1. The Hall–Kier alpha value is -2.08. The summed E-state index contributed by atoms with van der Waals surface area (Å²) in [6, 6.07) is 11.8. The third kappa shape index (κ3) is 6.64. The SMILES string of the molecule is CC1CC(C)CN(S(=O)(=O)c2ccc(C(=O)N(CCCN3CCOCC3)c3nc4ccc(Cl)cc4s3)cc2)C1. The molecule has 2 fully saturated rings. The lowest BCUT2D eigenvalue weighted by atomic mass is 9.94. The topological polar surface area (TPSA) is 83.1 Å². The number of aromatic nitrogens is 1. The summed E-state index contributed by atoms with van der Waals surface area (Å²) >= 11 is 7.62. The maximum absolute atomic E-state index is 13.8. The summed E-state index contributed by atoms with van der Waals surface area (Å²) in [4.78, 5) is 22.8. The van der Waals surface area contributed by atoms with Crippen molar-refractivity contribution in [3.8, 4) is 0 Å². The number of hydrogen-bond donors (Lipinski definition) is 0. The molecule has 3 heterocycles. The van der Waals surface area contributed by atoms with Crippen LogP contribution in [0.1, 0.15) is 37.0 Å². The highest BCUT2D eigenvalue weighted by molar-refractivity contribution is 7.89. The molecule has 2 aliphatic heterocycles. The number of sulfonamides is 1. The summed E-state index contributed by atoms with van der Waals surface area (Å²) < 4.78 is 34.6. The molecule has 3 aromatic rings. The molecular weight excluding hydrogens is 556 g/mol. The molecule has 2 atom stereocenters. The molecule has 0 aliphatic carbocycles. The first kappa shape index (κ1) is 28.4. The van der Waals surface area contributed by atoms with E-state index in [2.05, 4.69) is 18.7 Å². The number of amides is 1. The third-order valence-electron chi connectivity index (χ3n) is 7.35. The van der Waals surface area contributed by atoms with Crippen molar-refractivity contribution in [2.45, 2.75) is 31.6 Å². The smallest absolute Gasteiger partial charge is 0.260 e. The Morgan fingerprint density at radius 2 is 1.79 bits per heavy atom. The first-order valence-electron chi connectivity index (χ1n) is 13.5. The number of fused-ring (bicyclic) bond motifs is 1. The fraction of sp³-hybridized carbons (Fsp3) is 0.500. The van der Waals surface area contributed by atoms with Crippen LogP contribution >= 0.6 is 22.9 Å². The molecule has 2 aliphatic rings. The zero-order valence-electron chi connectivity index (χ0n) is 22.4. The fourth-order valence-electron chi connectivity index (χ4n) is 5.44. The Kier molecular flexibility index (Phi) is 8.90. The molecule has 39 heavy (non-hydrogen) atoms. The van der Waals surface area contributed by atoms with E-state index >= 15 is 0 Å². The van der Waals surface area contributed by atoms with Gasteiger partial charge in [0, 0.05) is 49.9 Å². The van der Waals surface area contributed by atoms with E-state index in [1.165, 1.54) is 11.3 Å². The van der Waals surface area contributed by atoms with Crippen LogP contribution in [0.4, 0.5) is 5.13 Å². The minimum absolute atomic E-state index is 0.203. The molecule has 0 N–H and O–H groups in total. The molecule has 1 amide bonds. The molecule has 2 saturated heterocycles. The number of piperidine rings is 1. The van der Waals surface area contributed by atoms with Gasteiger partial charge in [-0.3, -0.25) is 14.6 Å². The molecule has 5 rings (SSSR count). The lowest BCUT2D eigenvalue weighted by Gasteiger charge is -2.34. The van der Waals surface area contributed by atoms with Gasteiger partial charge in [0.2, 0.25) is 10.0 Å². The summed E-state index contributed by atoms with van der Waals surface area (Å²) in [5.74, 6) is 0.435. The number of benzene rings is 2. The molecule has 0 radical (unpaired) electrons. The number of halogens is 1. The van der Waals surface area contributed by atoms with Crippen LogP contribution in [0.15, 0.2) is 47.4 Å². The van der Waals surface area contributed by atoms with E-state index in [-0.39, 0.29) is 10.8 Å². The summed E-state index contributed by atoms with van der Waals surface area (Å²) in [7, 11) is -3.62. The molecule has 0 spiro atoms. The van der Waals surface area contributed by atoms with Gasteiger partial charge in [0.15, 0.2) is 5.13 Å². The molecule has 0 bridgehead atoms. The standard InChI is InChI=1S/C28H35ClN4O4S2/c1-20-16-21(2)19-32(18-20)39(35,36)24-7-4-22(5-8-24)27(34)33(11-3-10-31-12-14-37-15-13-31)28-30-25-9-6-23(29)17-26(25)38-28/h4-9,17,20-21H,3,10-16,18-19H2,1-2H3. The maximum Gasteiger partial charge on any atom is 0.260 e.